The van der Waals surface area contributed by atoms with E-state index in [1.165, 1.54) is 37.7 Å². The summed E-state index contributed by atoms with van der Waals surface area (Å²) in [4.78, 5) is 0. The Morgan fingerprint density at radius 1 is 1.19 bits per heavy atom. The van der Waals surface area contributed by atoms with Crippen LogP contribution in [0.4, 0.5) is 0 Å². The fourth-order valence-corrected chi connectivity index (χ4v) is 3.49. The molecule has 0 amide bonds. The standard InChI is InChI=1S/C18H30N2O/c1-3-13-21-17-8-6-5-7-16(17)18(20-19)15-11-9-14(4-2)10-12-15/h5-8,14-15,18,20H,3-4,9-13,19H2,1-2H3. The third-order valence-electron chi connectivity index (χ3n) is 4.84. The zero-order valence-electron chi connectivity index (χ0n) is 13.5. The van der Waals surface area contributed by atoms with Crippen LogP contribution in [0, 0.1) is 11.8 Å². The molecule has 3 N–H and O–H groups in total. The van der Waals surface area contributed by atoms with Crippen molar-refractivity contribution in [1.82, 2.24) is 5.43 Å². The van der Waals surface area contributed by atoms with Gasteiger partial charge in [-0.2, -0.15) is 0 Å². The molecule has 0 radical (unpaired) electrons. The van der Waals surface area contributed by atoms with E-state index in [0.29, 0.717) is 5.92 Å². The van der Waals surface area contributed by atoms with Gasteiger partial charge < -0.3 is 4.74 Å². The van der Waals surface area contributed by atoms with Crippen molar-refractivity contribution in [2.45, 2.75) is 58.4 Å². The molecule has 2 rings (SSSR count). The zero-order valence-corrected chi connectivity index (χ0v) is 13.5. The van der Waals surface area contributed by atoms with Crippen LogP contribution in [0.15, 0.2) is 24.3 Å². The number of hydrogen-bond donors (Lipinski definition) is 2. The Morgan fingerprint density at radius 2 is 1.90 bits per heavy atom. The lowest BCUT2D eigenvalue weighted by atomic mass is 9.76. The molecule has 1 saturated carbocycles. The molecule has 118 valence electrons. The SMILES string of the molecule is CCCOc1ccccc1C(NN)C1CCC(CC)CC1. The van der Waals surface area contributed by atoms with E-state index in [1.54, 1.807) is 0 Å². The van der Waals surface area contributed by atoms with E-state index in [1.807, 2.05) is 6.07 Å². The zero-order chi connectivity index (χ0) is 15.1. The van der Waals surface area contributed by atoms with E-state index in [9.17, 15) is 0 Å². The first-order valence-corrected chi connectivity index (χ1v) is 8.47. The van der Waals surface area contributed by atoms with Gasteiger partial charge in [0.15, 0.2) is 0 Å². The molecule has 1 aliphatic rings. The first kappa shape index (κ1) is 16.3. The van der Waals surface area contributed by atoms with Gasteiger partial charge in [0.05, 0.1) is 12.6 Å². The van der Waals surface area contributed by atoms with Gasteiger partial charge >= 0.3 is 0 Å². The van der Waals surface area contributed by atoms with Crippen LogP contribution in [0.2, 0.25) is 0 Å². The number of hydrazine groups is 1. The van der Waals surface area contributed by atoms with E-state index in [4.69, 9.17) is 10.6 Å². The summed E-state index contributed by atoms with van der Waals surface area (Å²) < 4.78 is 5.91. The minimum atomic E-state index is 0.205. The average Bonchev–Trinajstić information content (AvgIpc) is 2.55. The summed E-state index contributed by atoms with van der Waals surface area (Å²) in [5, 5.41) is 0. The maximum Gasteiger partial charge on any atom is 0.124 e. The number of benzene rings is 1. The maximum atomic E-state index is 5.91. The molecule has 1 unspecified atom stereocenters. The van der Waals surface area contributed by atoms with Crippen LogP contribution in [-0.4, -0.2) is 6.61 Å². The largest absolute Gasteiger partial charge is 0.493 e. The number of nitrogens with one attached hydrogen (secondary N) is 1. The van der Waals surface area contributed by atoms with Crippen LogP contribution in [0.25, 0.3) is 0 Å². The molecule has 21 heavy (non-hydrogen) atoms. The quantitative estimate of drug-likeness (QED) is 0.584. The molecule has 1 atom stereocenters. The summed E-state index contributed by atoms with van der Waals surface area (Å²) in [6, 6.07) is 8.54. The van der Waals surface area contributed by atoms with Crippen molar-refractivity contribution in [2.24, 2.45) is 17.7 Å². The van der Waals surface area contributed by atoms with Gasteiger partial charge in [0.25, 0.3) is 0 Å². The summed E-state index contributed by atoms with van der Waals surface area (Å²) in [6.07, 6.45) is 7.51. The number of nitrogens with two attached hydrogens (primary N) is 1. The second-order valence-electron chi connectivity index (χ2n) is 6.22. The second kappa shape index (κ2) is 8.40. The molecule has 0 aromatic heterocycles. The minimum Gasteiger partial charge on any atom is -0.493 e. The van der Waals surface area contributed by atoms with E-state index in [-0.39, 0.29) is 6.04 Å². The van der Waals surface area contributed by atoms with Crippen molar-refractivity contribution >= 4 is 0 Å². The van der Waals surface area contributed by atoms with Crippen LogP contribution in [0.3, 0.4) is 0 Å². The van der Waals surface area contributed by atoms with Crippen LogP contribution in [0.5, 0.6) is 5.75 Å². The van der Waals surface area contributed by atoms with Gasteiger partial charge in [-0.15, -0.1) is 0 Å². The molecule has 3 nitrogen and oxygen atoms in total. The lowest BCUT2D eigenvalue weighted by Gasteiger charge is -2.34. The average molecular weight is 290 g/mol. The highest BCUT2D eigenvalue weighted by Gasteiger charge is 2.29. The summed E-state index contributed by atoms with van der Waals surface area (Å²) in [5.74, 6) is 8.40. The van der Waals surface area contributed by atoms with Crippen molar-refractivity contribution < 1.29 is 4.74 Å². The molecule has 3 heteroatoms. The van der Waals surface area contributed by atoms with Gasteiger partial charge in [0.1, 0.15) is 5.75 Å². The highest BCUT2D eigenvalue weighted by atomic mass is 16.5. The lowest BCUT2D eigenvalue weighted by molar-refractivity contribution is 0.214. The Balaban J connectivity index is 2.10. The van der Waals surface area contributed by atoms with Gasteiger partial charge in [-0.05, 0) is 37.2 Å². The highest BCUT2D eigenvalue weighted by molar-refractivity contribution is 5.36. The molecule has 0 heterocycles. The monoisotopic (exact) mass is 290 g/mol. The number of para-hydroxylation sites is 1. The molecule has 0 aliphatic heterocycles. The number of ether oxygens (including phenoxy) is 1. The van der Waals surface area contributed by atoms with Gasteiger partial charge in [-0.1, -0.05) is 51.3 Å². The highest BCUT2D eigenvalue weighted by Crippen LogP contribution is 2.40. The van der Waals surface area contributed by atoms with E-state index in [2.05, 4.69) is 37.5 Å². The molecule has 1 aromatic rings. The summed E-state index contributed by atoms with van der Waals surface area (Å²) in [7, 11) is 0. The van der Waals surface area contributed by atoms with Gasteiger partial charge in [0.2, 0.25) is 0 Å². The van der Waals surface area contributed by atoms with Crippen molar-refractivity contribution in [3.05, 3.63) is 29.8 Å². The van der Waals surface area contributed by atoms with Crippen molar-refractivity contribution in [2.75, 3.05) is 6.61 Å². The predicted molar refractivity (Wildman–Crippen MR) is 88.0 cm³/mol. The van der Waals surface area contributed by atoms with Gasteiger partial charge in [-0.25, -0.2) is 0 Å². The summed E-state index contributed by atoms with van der Waals surface area (Å²) in [5.41, 5.74) is 4.27. The lowest BCUT2D eigenvalue weighted by Crippen LogP contribution is -2.35. The van der Waals surface area contributed by atoms with Crippen LogP contribution in [-0.2, 0) is 0 Å². The Labute approximate surface area is 129 Å². The third-order valence-corrected chi connectivity index (χ3v) is 4.84. The van der Waals surface area contributed by atoms with Crippen LogP contribution in [0.1, 0.15) is 64.0 Å². The summed E-state index contributed by atoms with van der Waals surface area (Å²) in [6.45, 7) is 5.20. The van der Waals surface area contributed by atoms with E-state index < -0.39 is 0 Å². The maximum absolute atomic E-state index is 5.91. The molecule has 0 spiro atoms. The van der Waals surface area contributed by atoms with E-state index >= 15 is 0 Å². The molecule has 1 aliphatic carbocycles. The Hall–Kier alpha value is -1.06. The number of hydrogen-bond acceptors (Lipinski definition) is 3. The fraction of sp³-hybridized carbons (Fsp3) is 0.667. The number of rotatable bonds is 7. The first-order valence-electron chi connectivity index (χ1n) is 8.47. The normalized spacial score (nSPS) is 23.8. The first-order chi connectivity index (χ1) is 10.3. The van der Waals surface area contributed by atoms with Crippen molar-refractivity contribution in [1.29, 1.82) is 0 Å². The Bertz CT molecular complexity index is 413. The van der Waals surface area contributed by atoms with Gasteiger partial charge in [-0.3, -0.25) is 11.3 Å². The Morgan fingerprint density at radius 3 is 2.52 bits per heavy atom. The molecule has 0 bridgehead atoms. The van der Waals surface area contributed by atoms with Crippen LogP contribution >= 0.6 is 0 Å². The predicted octanol–water partition coefficient (Wildman–Crippen LogP) is 4.20. The second-order valence-corrected chi connectivity index (χ2v) is 6.22. The molecule has 0 saturated heterocycles. The molecular formula is C18H30N2O. The minimum absolute atomic E-state index is 0.205. The van der Waals surface area contributed by atoms with Gasteiger partial charge in [0, 0.05) is 5.56 Å². The topological polar surface area (TPSA) is 47.3 Å². The molecule has 1 fully saturated rings. The van der Waals surface area contributed by atoms with E-state index in [0.717, 1.165) is 24.7 Å². The van der Waals surface area contributed by atoms with Crippen LogP contribution < -0.4 is 16.0 Å². The third kappa shape index (κ3) is 4.21. The smallest absolute Gasteiger partial charge is 0.124 e. The molecular weight excluding hydrogens is 260 g/mol. The van der Waals surface area contributed by atoms with Crippen molar-refractivity contribution in [3.63, 3.8) is 0 Å². The van der Waals surface area contributed by atoms with Crippen molar-refractivity contribution in [3.8, 4) is 5.75 Å². The Kier molecular flexibility index (Phi) is 6.52. The fourth-order valence-electron chi connectivity index (χ4n) is 3.49. The summed E-state index contributed by atoms with van der Waals surface area (Å²) >= 11 is 0. The molecule has 1 aromatic carbocycles.